The van der Waals surface area contributed by atoms with Crippen LogP contribution in [0.15, 0.2) is 18.2 Å². The average Bonchev–Trinajstić information content (AvgIpc) is 1.97. The Morgan fingerprint density at radius 2 is 1.82 bits per heavy atom. The first-order chi connectivity index (χ1) is 5.25. The zero-order valence-electron chi connectivity index (χ0n) is 5.40. The first-order valence-corrected chi connectivity index (χ1v) is 2.83. The Hall–Kier alpha value is -1.45. The fourth-order valence-corrected chi connectivity index (χ4v) is 0.668. The number of carbonyl (C=O) groups excluding carboxylic acids is 1. The molecule has 1 rings (SSSR count). The summed E-state index contributed by atoms with van der Waals surface area (Å²) in [5.41, 5.74) is -0.470. The molecule has 0 unspecified atom stereocenters. The topological polar surface area (TPSA) is 29.1 Å². The van der Waals surface area contributed by atoms with Gasteiger partial charge >= 0.3 is 6.41 Å². The normalized spacial score (nSPS) is 9.27. The SMILES string of the molecule is O=[C]Nc1c(F)cccc1F. The van der Waals surface area contributed by atoms with Crippen LogP contribution < -0.4 is 5.32 Å². The van der Waals surface area contributed by atoms with Crippen LogP contribution in [0.3, 0.4) is 0 Å². The van der Waals surface area contributed by atoms with E-state index in [1.54, 1.807) is 5.32 Å². The number of rotatable bonds is 2. The minimum atomic E-state index is -0.812. The lowest BCUT2D eigenvalue weighted by Gasteiger charge is -1.99. The maximum atomic E-state index is 12.6. The van der Waals surface area contributed by atoms with Crippen molar-refractivity contribution in [2.45, 2.75) is 0 Å². The number of hydrogen-bond acceptors (Lipinski definition) is 1. The molecule has 11 heavy (non-hydrogen) atoms. The van der Waals surface area contributed by atoms with Crippen molar-refractivity contribution in [3.63, 3.8) is 0 Å². The first kappa shape index (κ1) is 7.65. The molecule has 0 aliphatic heterocycles. The lowest BCUT2D eigenvalue weighted by molar-refractivity contribution is 0.556. The van der Waals surface area contributed by atoms with Crippen molar-refractivity contribution < 1.29 is 13.6 Å². The third-order valence-electron chi connectivity index (χ3n) is 1.14. The molecule has 0 bridgehead atoms. The van der Waals surface area contributed by atoms with E-state index >= 15 is 0 Å². The minimum Gasteiger partial charge on any atom is -0.313 e. The average molecular weight is 156 g/mol. The Kier molecular flexibility index (Phi) is 2.15. The lowest BCUT2D eigenvalue weighted by atomic mass is 10.3. The summed E-state index contributed by atoms with van der Waals surface area (Å²) in [5, 5.41) is 1.79. The summed E-state index contributed by atoms with van der Waals surface area (Å²) in [4.78, 5) is 9.71. The van der Waals surface area contributed by atoms with Crippen LogP contribution in [0.25, 0.3) is 0 Å². The summed E-state index contributed by atoms with van der Waals surface area (Å²) in [5.74, 6) is -1.62. The van der Waals surface area contributed by atoms with Crippen LogP contribution in [0.1, 0.15) is 0 Å². The van der Waals surface area contributed by atoms with Gasteiger partial charge in [-0.2, -0.15) is 0 Å². The van der Waals surface area contributed by atoms with Gasteiger partial charge in [0.2, 0.25) is 0 Å². The molecule has 0 aromatic heterocycles. The molecule has 0 saturated heterocycles. The molecule has 0 fully saturated rings. The highest BCUT2D eigenvalue weighted by molar-refractivity contribution is 5.72. The van der Waals surface area contributed by atoms with Gasteiger partial charge in [0, 0.05) is 0 Å². The molecule has 1 amide bonds. The van der Waals surface area contributed by atoms with Crippen LogP contribution in [0, 0.1) is 11.6 Å². The molecule has 1 aromatic rings. The summed E-state index contributed by atoms with van der Waals surface area (Å²) >= 11 is 0. The number of amides is 1. The van der Waals surface area contributed by atoms with E-state index in [9.17, 15) is 13.6 Å². The van der Waals surface area contributed by atoms with E-state index in [1.807, 2.05) is 0 Å². The standard InChI is InChI=1S/C7H4F2NO/c8-5-2-1-3-6(9)7(5)10-4-11/h1-3H,(H,10,11). The second-order valence-corrected chi connectivity index (χ2v) is 1.82. The lowest BCUT2D eigenvalue weighted by Crippen LogP contribution is -1.99. The largest absolute Gasteiger partial charge is 0.314 e. The van der Waals surface area contributed by atoms with Crippen molar-refractivity contribution in [1.29, 1.82) is 0 Å². The number of halogens is 2. The second-order valence-electron chi connectivity index (χ2n) is 1.82. The molecule has 4 heteroatoms. The van der Waals surface area contributed by atoms with Crippen molar-refractivity contribution in [2.24, 2.45) is 0 Å². The van der Waals surface area contributed by atoms with Crippen LogP contribution in [-0.4, -0.2) is 6.41 Å². The highest BCUT2D eigenvalue weighted by Crippen LogP contribution is 2.16. The molecule has 0 atom stereocenters. The van der Waals surface area contributed by atoms with E-state index in [4.69, 9.17) is 0 Å². The fraction of sp³-hybridized carbons (Fsp3) is 0. The molecular weight excluding hydrogens is 152 g/mol. The molecular formula is C7H4F2NO. The van der Waals surface area contributed by atoms with E-state index in [0.29, 0.717) is 0 Å². The Morgan fingerprint density at radius 3 is 2.27 bits per heavy atom. The van der Waals surface area contributed by atoms with Gasteiger partial charge in [-0.25, -0.2) is 8.78 Å². The Bertz CT molecular complexity index is 255. The van der Waals surface area contributed by atoms with E-state index in [-0.39, 0.29) is 0 Å². The van der Waals surface area contributed by atoms with Crippen molar-refractivity contribution in [3.05, 3.63) is 29.8 Å². The first-order valence-electron chi connectivity index (χ1n) is 2.83. The van der Waals surface area contributed by atoms with Gasteiger partial charge in [-0.15, -0.1) is 0 Å². The van der Waals surface area contributed by atoms with Gasteiger partial charge in [-0.1, -0.05) is 6.07 Å². The molecule has 1 radical (unpaired) electrons. The Labute approximate surface area is 61.8 Å². The molecule has 0 spiro atoms. The summed E-state index contributed by atoms with van der Waals surface area (Å²) < 4.78 is 25.1. The molecule has 1 aromatic carbocycles. The van der Waals surface area contributed by atoms with Gasteiger partial charge in [-0.05, 0) is 12.1 Å². The summed E-state index contributed by atoms with van der Waals surface area (Å²) in [6.07, 6.45) is 1.19. The molecule has 57 valence electrons. The zero-order chi connectivity index (χ0) is 8.27. The smallest absolute Gasteiger partial charge is 0.313 e. The van der Waals surface area contributed by atoms with Crippen molar-refractivity contribution >= 4 is 12.1 Å². The fourth-order valence-electron chi connectivity index (χ4n) is 0.668. The maximum absolute atomic E-state index is 12.6. The van der Waals surface area contributed by atoms with Gasteiger partial charge in [0.15, 0.2) is 0 Å². The maximum Gasteiger partial charge on any atom is 0.314 e. The number of para-hydroxylation sites is 1. The van der Waals surface area contributed by atoms with Gasteiger partial charge in [-0.3, -0.25) is 4.79 Å². The van der Waals surface area contributed by atoms with E-state index in [2.05, 4.69) is 0 Å². The minimum absolute atomic E-state index is 0.470. The van der Waals surface area contributed by atoms with Crippen LogP contribution in [-0.2, 0) is 4.79 Å². The highest BCUT2D eigenvalue weighted by atomic mass is 19.1. The number of hydrogen-bond donors (Lipinski definition) is 1. The molecule has 0 saturated carbocycles. The van der Waals surface area contributed by atoms with Crippen LogP contribution in [0.4, 0.5) is 14.5 Å². The highest BCUT2D eigenvalue weighted by Gasteiger charge is 2.05. The summed E-state index contributed by atoms with van der Waals surface area (Å²) in [7, 11) is 0. The number of benzene rings is 1. The van der Waals surface area contributed by atoms with Gasteiger partial charge < -0.3 is 5.32 Å². The molecule has 1 N–H and O–H groups in total. The quantitative estimate of drug-likeness (QED) is 0.645. The van der Waals surface area contributed by atoms with Crippen molar-refractivity contribution in [2.75, 3.05) is 5.32 Å². The van der Waals surface area contributed by atoms with E-state index in [1.165, 1.54) is 12.5 Å². The van der Waals surface area contributed by atoms with Gasteiger partial charge in [0.05, 0.1) is 0 Å². The molecule has 2 nitrogen and oxygen atoms in total. The Balaban J connectivity index is 3.09. The molecule has 0 aliphatic carbocycles. The number of nitrogens with one attached hydrogen (secondary N) is 1. The van der Waals surface area contributed by atoms with E-state index in [0.717, 1.165) is 12.1 Å². The van der Waals surface area contributed by atoms with Crippen LogP contribution in [0.5, 0.6) is 0 Å². The van der Waals surface area contributed by atoms with Crippen molar-refractivity contribution in [1.82, 2.24) is 0 Å². The predicted octanol–water partition coefficient (Wildman–Crippen LogP) is 1.44. The van der Waals surface area contributed by atoms with E-state index < -0.39 is 17.3 Å². The summed E-state index contributed by atoms with van der Waals surface area (Å²) in [6.45, 7) is 0. The monoisotopic (exact) mass is 156 g/mol. The zero-order valence-corrected chi connectivity index (χ0v) is 5.40. The Morgan fingerprint density at radius 1 is 1.27 bits per heavy atom. The van der Waals surface area contributed by atoms with Gasteiger partial charge in [0.1, 0.15) is 17.3 Å². The predicted molar refractivity (Wildman–Crippen MR) is 35.7 cm³/mol. The number of anilines is 1. The molecule has 0 heterocycles. The third-order valence-corrected chi connectivity index (χ3v) is 1.14. The molecule has 0 aliphatic rings. The van der Waals surface area contributed by atoms with Crippen LogP contribution in [0.2, 0.25) is 0 Å². The third kappa shape index (κ3) is 1.52. The van der Waals surface area contributed by atoms with Crippen LogP contribution >= 0.6 is 0 Å². The van der Waals surface area contributed by atoms with Gasteiger partial charge in [0.25, 0.3) is 0 Å². The van der Waals surface area contributed by atoms with Crippen molar-refractivity contribution in [3.8, 4) is 0 Å². The summed E-state index contributed by atoms with van der Waals surface area (Å²) in [6, 6.07) is 3.30. The second kappa shape index (κ2) is 3.09.